The predicted molar refractivity (Wildman–Crippen MR) is 81.9 cm³/mol. The van der Waals surface area contributed by atoms with Gasteiger partial charge in [-0.2, -0.15) is 5.10 Å². The number of pyridine rings is 1. The van der Waals surface area contributed by atoms with E-state index in [-0.39, 0.29) is 6.04 Å². The average Bonchev–Trinajstić information content (AvgIpc) is 2.53. The van der Waals surface area contributed by atoms with E-state index in [1.165, 1.54) is 6.08 Å². The smallest absolute Gasteiger partial charge is 0.144 e. The number of carbonyl (C=O) groups excluding carboxylic acids is 1. The number of carbonyl (C=O) groups is 1. The first-order valence-electron chi connectivity index (χ1n) is 6.75. The van der Waals surface area contributed by atoms with Gasteiger partial charge in [-0.1, -0.05) is 30.3 Å². The fourth-order valence-corrected chi connectivity index (χ4v) is 2.44. The molecule has 0 radical (unpaired) electrons. The van der Waals surface area contributed by atoms with E-state index < -0.39 is 0 Å². The van der Waals surface area contributed by atoms with Gasteiger partial charge in [0.1, 0.15) is 12.3 Å². The van der Waals surface area contributed by atoms with Crippen molar-refractivity contribution in [3.8, 4) is 0 Å². The molecule has 4 nitrogen and oxygen atoms in total. The zero-order valence-electron chi connectivity index (χ0n) is 11.7. The van der Waals surface area contributed by atoms with Crippen molar-refractivity contribution in [1.82, 2.24) is 9.99 Å². The van der Waals surface area contributed by atoms with Crippen molar-refractivity contribution < 1.29 is 4.79 Å². The molecular weight excluding hydrogens is 262 g/mol. The Hall–Kier alpha value is -2.75. The fraction of sp³-hybridized carbons (Fsp3) is 0.118. The minimum Gasteiger partial charge on any atom is -0.299 e. The number of allylic oxidation sites excluding steroid dienone is 1. The van der Waals surface area contributed by atoms with Crippen LogP contribution in [0.5, 0.6) is 0 Å². The number of hydrogen-bond acceptors (Lipinski definition) is 4. The van der Waals surface area contributed by atoms with Gasteiger partial charge in [0.05, 0.1) is 6.21 Å². The van der Waals surface area contributed by atoms with Crippen molar-refractivity contribution >= 4 is 12.5 Å². The van der Waals surface area contributed by atoms with Crippen molar-refractivity contribution in [2.75, 3.05) is 0 Å². The number of aldehydes is 1. The molecule has 21 heavy (non-hydrogen) atoms. The Kier molecular flexibility index (Phi) is 3.60. The van der Waals surface area contributed by atoms with Crippen molar-refractivity contribution in [3.05, 3.63) is 77.3 Å². The highest BCUT2D eigenvalue weighted by atomic mass is 16.1. The number of aryl methyl sites for hydroxylation is 1. The maximum Gasteiger partial charge on any atom is 0.144 e. The van der Waals surface area contributed by atoms with E-state index in [1.54, 1.807) is 11.2 Å². The van der Waals surface area contributed by atoms with Gasteiger partial charge in [-0.25, -0.2) is 0 Å². The molecule has 1 aliphatic heterocycles. The molecule has 0 fully saturated rings. The summed E-state index contributed by atoms with van der Waals surface area (Å²) in [6.45, 7) is 1.96. The second kappa shape index (κ2) is 5.71. The summed E-state index contributed by atoms with van der Waals surface area (Å²) < 4.78 is 0. The van der Waals surface area contributed by atoms with Crippen LogP contribution in [0.15, 0.2) is 60.0 Å². The van der Waals surface area contributed by atoms with E-state index in [0.717, 1.165) is 28.7 Å². The normalized spacial score (nSPS) is 17.0. The van der Waals surface area contributed by atoms with E-state index in [2.05, 4.69) is 16.2 Å². The monoisotopic (exact) mass is 277 g/mol. The molecule has 3 rings (SSSR count). The highest BCUT2D eigenvalue weighted by molar-refractivity contribution is 5.83. The lowest BCUT2D eigenvalue weighted by Gasteiger charge is -2.31. The van der Waals surface area contributed by atoms with Crippen molar-refractivity contribution in [2.24, 2.45) is 5.10 Å². The first kappa shape index (κ1) is 13.2. The van der Waals surface area contributed by atoms with Gasteiger partial charge in [-0.15, -0.1) is 0 Å². The Labute approximate surface area is 123 Å². The van der Waals surface area contributed by atoms with Crippen LogP contribution in [0.3, 0.4) is 0 Å². The maximum absolute atomic E-state index is 10.6. The average molecular weight is 277 g/mol. The van der Waals surface area contributed by atoms with Gasteiger partial charge in [0.15, 0.2) is 0 Å². The third kappa shape index (κ3) is 2.60. The van der Waals surface area contributed by atoms with Crippen LogP contribution in [0.2, 0.25) is 0 Å². The summed E-state index contributed by atoms with van der Waals surface area (Å²) in [6, 6.07) is 12.1. The van der Waals surface area contributed by atoms with Crippen LogP contribution >= 0.6 is 0 Å². The predicted octanol–water partition coefficient (Wildman–Crippen LogP) is 2.84. The Bertz CT molecular complexity index is 704. The van der Waals surface area contributed by atoms with Crippen LogP contribution in [0.4, 0.5) is 0 Å². The van der Waals surface area contributed by atoms with Gasteiger partial charge in [0.2, 0.25) is 0 Å². The molecule has 1 atom stereocenters. The Balaban J connectivity index is 2.10. The van der Waals surface area contributed by atoms with E-state index in [9.17, 15) is 4.79 Å². The zero-order valence-corrected chi connectivity index (χ0v) is 11.7. The van der Waals surface area contributed by atoms with Gasteiger partial charge < -0.3 is 0 Å². The lowest BCUT2D eigenvalue weighted by molar-refractivity contribution is -0.104. The number of nitrogens with zero attached hydrogens (tertiary/aromatic N) is 3. The summed E-state index contributed by atoms with van der Waals surface area (Å²) in [5.41, 5.74) is 4.24. The first-order chi connectivity index (χ1) is 10.3. The van der Waals surface area contributed by atoms with Gasteiger partial charge in [0.25, 0.3) is 0 Å². The maximum atomic E-state index is 10.6. The summed E-state index contributed by atoms with van der Waals surface area (Å²) in [5, 5.41) is 6.20. The lowest BCUT2D eigenvalue weighted by atomic mass is 9.94. The van der Waals surface area contributed by atoms with Crippen LogP contribution in [-0.2, 0) is 4.79 Å². The summed E-state index contributed by atoms with van der Waals surface area (Å²) in [6.07, 6.45) is 7.55. The molecule has 2 heterocycles. The summed E-state index contributed by atoms with van der Waals surface area (Å²) >= 11 is 0. The quantitative estimate of drug-likeness (QED) is 0.640. The molecule has 1 aromatic carbocycles. The minimum atomic E-state index is -0.0736. The van der Waals surface area contributed by atoms with E-state index in [1.807, 2.05) is 49.7 Å². The molecule has 0 N–H and O–H groups in total. The van der Waals surface area contributed by atoms with Crippen LogP contribution in [0.1, 0.15) is 28.4 Å². The van der Waals surface area contributed by atoms with Crippen LogP contribution < -0.4 is 0 Å². The molecule has 0 saturated heterocycles. The van der Waals surface area contributed by atoms with Gasteiger partial charge >= 0.3 is 0 Å². The molecule has 0 aliphatic carbocycles. The number of hydrogen-bond donors (Lipinski definition) is 0. The Morgan fingerprint density at radius 2 is 2.05 bits per heavy atom. The standard InChI is InChI=1S/C17H15N3O/c1-13-7-8-15(11-18-13)17-16-6-3-2-5-14(16)12-19-20(17)9-4-10-21/h2-12,17H,1H3. The third-order valence-corrected chi connectivity index (χ3v) is 3.45. The first-order valence-corrected chi connectivity index (χ1v) is 6.75. The number of rotatable bonds is 3. The number of hydrazone groups is 1. The fourth-order valence-electron chi connectivity index (χ4n) is 2.44. The van der Waals surface area contributed by atoms with Gasteiger partial charge in [-0.3, -0.25) is 14.8 Å². The molecule has 2 aromatic rings. The third-order valence-electron chi connectivity index (χ3n) is 3.45. The molecule has 4 heteroatoms. The molecular formula is C17H15N3O. The Morgan fingerprint density at radius 1 is 1.19 bits per heavy atom. The number of aromatic nitrogens is 1. The molecule has 0 saturated carbocycles. The van der Waals surface area contributed by atoms with Gasteiger partial charge in [-0.05, 0) is 30.2 Å². The molecule has 1 aromatic heterocycles. The molecule has 1 aliphatic rings. The summed E-state index contributed by atoms with van der Waals surface area (Å²) in [5.74, 6) is 0. The zero-order chi connectivity index (χ0) is 14.7. The van der Waals surface area contributed by atoms with Crippen molar-refractivity contribution in [2.45, 2.75) is 13.0 Å². The van der Waals surface area contributed by atoms with Crippen LogP contribution in [0, 0.1) is 6.92 Å². The van der Waals surface area contributed by atoms with E-state index in [4.69, 9.17) is 0 Å². The van der Waals surface area contributed by atoms with Crippen LogP contribution in [-0.4, -0.2) is 22.5 Å². The van der Waals surface area contributed by atoms with Crippen molar-refractivity contribution in [1.29, 1.82) is 0 Å². The minimum absolute atomic E-state index is 0.0736. The topological polar surface area (TPSA) is 45.6 Å². The summed E-state index contributed by atoms with van der Waals surface area (Å²) in [4.78, 5) is 15.0. The van der Waals surface area contributed by atoms with Crippen LogP contribution in [0.25, 0.3) is 0 Å². The molecule has 0 spiro atoms. The van der Waals surface area contributed by atoms with Gasteiger partial charge in [0, 0.05) is 23.7 Å². The van der Waals surface area contributed by atoms with Crippen molar-refractivity contribution in [3.63, 3.8) is 0 Å². The summed E-state index contributed by atoms with van der Waals surface area (Å²) in [7, 11) is 0. The lowest BCUT2D eigenvalue weighted by Crippen LogP contribution is -2.24. The largest absolute Gasteiger partial charge is 0.299 e. The second-order valence-corrected chi connectivity index (χ2v) is 4.87. The van der Waals surface area contributed by atoms with E-state index >= 15 is 0 Å². The Morgan fingerprint density at radius 3 is 2.81 bits per heavy atom. The van der Waals surface area contributed by atoms with E-state index in [0.29, 0.717) is 0 Å². The molecule has 1 unspecified atom stereocenters. The SMILES string of the molecule is Cc1ccc(C2c3ccccc3C=NN2C=CC=O)cn1. The highest BCUT2D eigenvalue weighted by Gasteiger charge is 2.25. The molecule has 0 amide bonds. The number of fused-ring (bicyclic) bond motifs is 1. The molecule has 104 valence electrons. The number of benzene rings is 1. The highest BCUT2D eigenvalue weighted by Crippen LogP contribution is 2.33. The molecule has 0 bridgehead atoms. The second-order valence-electron chi connectivity index (χ2n) is 4.87.